The van der Waals surface area contributed by atoms with E-state index >= 15 is 0 Å². The van der Waals surface area contributed by atoms with Crippen molar-refractivity contribution in [3.63, 3.8) is 0 Å². The Labute approximate surface area is 119 Å². The van der Waals surface area contributed by atoms with E-state index in [-0.39, 0.29) is 11.9 Å². The van der Waals surface area contributed by atoms with E-state index in [1.807, 2.05) is 26.8 Å². The largest absolute Gasteiger partial charge is 0.324 e. The van der Waals surface area contributed by atoms with E-state index in [9.17, 15) is 4.39 Å². The van der Waals surface area contributed by atoms with Crippen LogP contribution in [0.2, 0.25) is 0 Å². The number of hydrogen-bond donors (Lipinski definition) is 1. The molecule has 1 aromatic heterocycles. The normalized spacial score (nSPS) is 12.4. The van der Waals surface area contributed by atoms with Crippen LogP contribution in [0.15, 0.2) is 24.3 Å². The van der Waals surface area contributed by atoms with Crippen molar-refractivity contribution in [3.05, 3.63) is 58.2 Å². The number of nitrogens with two attached hydrogens (primary N) is 1. The molecule has 4 heteroatoms. The Bertz CT molecular complexity index is 611. The highest BCUT2D eigenvalue weighted by Gasteiger charge is 2.14. The molecular weight excluding hydrogens is 253 g/mol. The van der Waals surface area contributed by atoms with Crippen molar-refractivity contribution in [2.24, 2.45) is 5.73 Å². The van der Waals surface area contributed by atoms with Crippen LogP contribution < -0.4 is 5.73 Å². The molecule has 0 saturated heterocycles. The lowest BCUT2D eigenvalue weighted by Crippen LogP contribution is -2.17. The van der Waals surface area contributed by atoms with Crippen molar-refractivity contribution >= 4 is 0 Å². The quantitative estimate of drug-likeness (QED) is 0.931. The lowest BCUT2D eigenvalue weighted by Gasteiger charge is -2.16. The number of aromatic nitrogens is 2. The molecule has 3 nitrogen and oxygen atoms in total. The summed E-state index contributed by atoms with van der Waals surface area (Å²) in [5.41, 5.74) is 11.1. The smallest absolute Gasteiger partial charge is 0.123 e. The summed E-state index contributed by atoms with van der Waals surface area (Å²) in [7, 11) is 0. The van der Waals surface area contributed by atoms with Gasteiger partial charge in [0.25, 0.3) is 0 Å². The minimum atomic E-state index is -0.224. The maximum absolute atomic E-state index is 13.3. The molecule has 0 fully saturated rings. The maximum atomic E-state index is 13.3. The van der Waals surface area contributed by atoms with Gasteiger partial charge in [0.05, 0.1) is 11.4 Å². The van der Waals surface area contributed by atoms with Crippen LogP contribution in [-0.2, 0) is 12.8 Å². The van der Waals surface area contributed by atoms with Gasteiger partial charge in [-0.2, -0.15) is 10.2 Å². The molecule has 0 spiro atoms. The average molecular weight is 273 g/mol. The summed E-state index contributed by atoms with van der Waals surface area (Å²) in [5, 5.41) is 8.26. The third-order valence-corrected chi connectivity index (χ3v) is 3.51. The van der Waals surface area contributed by atoms with Gasteiger partial charge in [-0.15, -0.1) is 0 Å². The topological polar surface area (TPSA) is 51.8 Å². The number of rotatable bonds is 4. The first-order valence-corrected chi connectivity index (χ1v) is 6.85. The first-order valence-electron chi connectivity index (χ1n) is 6.85. The van der Waals surface area contributed by atoms with Crippen LogP contribution in [0, 0.1) is 19.7 Å². The Morgan fingerprint density at radius 2 is 1.95 bits per heavy atom. The lowest BCUT2D eigenvalue weighted by atomic mass is 9.95. The summed E-state index contributed by atoms with van der Waals surface area (Å²) in [5.74, 6) is -0.224. The molecule has 20 heavy (non-hydrogen) atoms. The van der Waals surface area contributed by atoms with Crippen molar-refractivity contribution < 1.29 is 4.39 Å². The lowest BCUT2D eigenvalue weighted by molar-refractivity contribution is 0.619. The molecule has 0 bridgehead atoms. The molecule has 1 unspecified atom stereocenters. The molecule has 106 valence electrons. The Morgan fingerprint density at radius 1 is 1.20 bits per heavy atom. The SMILES string of the molecule is CCc1nnc(C)cc1C(N)Cc1cc(F)ccc1C. The van der Waals surface area contributed by atoms with Gasteiger partial charge in [-0.25, -0.2) is 4.39 Å². The van der Waals surface area contributed by atoms with Crippen molar-refractivity contribution in [1.29, 1.82) is 0 Å². The van der Waals surface area contributed by atoms with Gasteiger partial charge in [-0.1, -0.05) is 13.0 Å². The van der Waals surface area contributed by atoms with E-state index in [0.717, 1.165) is 34.5 Å². The number of hydrogen-bond acceptors (Lipinski definition) is 3. The zero-order valence-corrected chi connectivity index (χ0v) is 12.2. The second-order valence-electron chi connectivity index (χ2n) is 5.12. The standard InChI is InChI=1S/C16H20FN3/c1-4-16-14(7-11(3)19-20-16)15(18)9-12-8-13(17)6-5-10(12)2/h5-8,15H,4,9,18H2,1-3H3. The minimum absolute atomic E-state index is 0.195. The summed E-state index contributed by atoms with van der Waals surface area (Å²) >= 11 is 0. The molecule has 0 aliphatic heterocycles. The molecule has 0 aliphatic carbocycles. The van der Waals surface area contributed by atoms with Gasteiger partial charge in [-0.3, -0.25) is 0 Å². The second-order valence-corrected chi connectivity index (χ2v) is 5.12. The second kappa shape index (κ2) is 6.09. The molecule has 1 heterocycles. The summed E-state index contributed by atoms with van der Waals surface area (Å²) in [4.78, 5) is 0. The van der Waals surface area contributed by atoms with Crippen LogP contribution in [0.4, 0.5) is 4.39 Å². The maximum Gasteiger partial charge on any atom is 0.123 e. The van der Waals surface area contributed by atoms with Gasteiger partial charge in [-0.05, 0) is 61.6 Å². The van der Waals surface area contributed by atoms with Crippen LogP contribution in [0.3, 0.4) is 0 Å². The fraction of sp³-hybridized carbons (Fsp3) is 0.375. The van der Waals surface area contributed by atoms with Gasteiger partial charge in [0.2, 0.25) is 0 Å². The van der Waals surface area contributed by atoms with Crippen molar-refractivity contribution in [2.45, 2.75) is 39.7 Å². The van der Waals surface area contributed by atoms with E-state index in [1.165, 1.54) is 6.07 Å². The molecule has 0 saturated carbocycles. The van der Waals surface area contributed by atoms with E-state index in [0.29, 0.717) is 6.42 Å². The van der Waals surface area contributed by atoms with Crippen LogP contribution in [0.25, 0.3) is 0 Å². The van der Waals surface area contributed by atoms with Crippen LogP contribution >= 0.6 is 0 Å². The minimum Gasteiger partial charge on any atom is -0.324 e. The van der Waals surface area contributed by atoms with Gasteiger partial charge < -0.3 is 5.73 Å². The number of nitrogens with zero attached hydrogens (tertiary/aromatic N) is 2. The van der Waals surface area contributed by atoms with Crippen molar-refractivity contribution in [1.82, 2.24) is 10.2 Å². The van der Waals surface area contributed by atoms with E-state index in [2.05, 4.69) is 10.2 Å². The highest BCUT2D eigenvalue weighted by atomic mass is 19.1. The number of halogens is 1. The molecule has 0 aliphatic rings. The molecular formula is C16H20FN3. The average Bonchev–Trinajstić information content (AvgIpc) is 2.42. The van der Waals surface area contributed by atoms with Gasteiger partial charge >= 0.3 is 0 Å². The number of aryl methyl sites for hydroxylation is 3. The predicted octanol–water partition coefficient (Wildman–Crippen LogP) is 3.04. The van der Waals surface area contributed by atoms with E-state index < -0.39 is 0 Å². The van der Waals surface area contributed by atoms with Gasteiger partial charge in [0.1, 0.15) is 5.82 Å². The Kier molecular flexibility index (Phi) is 4.45. The van der Waals surface area contributed by atoms with Crippen LogP contribution in [-0.4, -0.2) is 10.2 Å². The van der Waals surface area contributed by atoms with Gasteiger partial charge in [0.15, 0.2) is 0 Å². The molecule has 0 amide bonds. The summed E-state index contributed by atoms with van der Waals surface area (Å²) < 4.78 is 13.3. The van der Waals surface area contributed by atoms with Crippen LogP contribution in [0.1, 0.15) is 41.0 Å². The molecule has 0 radical (unpaired) electrons. The van der Waals surface area contributed by atoms with E-state index in [1.54, 1.807) is 12.1 Å². The molecule has 2 aromatic rings. The van der Waals surface area contributed by atoms with Crippen molar-refractivity contribution in [3.8, 4) is 0 Å². The zero-order chi connectivity index (χ0) is 14.7. The highest BCUT2D eigenvalue weighted by Crippen LogP contribution is 2.22. The van der Waals surface area contributed by atoms with Gasteiger partial charge in [0, 0.05) is 6.04 Å². The monoisotopic (exact) mass is 273 g/mol. The van der Waals surface area contributed by atoms with E-state index in [4.69, 9.17) is 5.73 Å². The first-order chi connectivity index (χ1) is 9.51. The third kappa shape index (κ3) is 3.20. The molecule has 1 atom stereocenters. The predicted molar refractivity (Wildman–Crippen MR) is 77.9 cm³/mol. The molecule has 2 rings (SSSR count). The fourth-order valence-corrected chi connectivity index (χ4v) is 2.34. The molecule has 1 aromatic carbocycles. The molecule has 2 N–H and O–H groups in total. The fourth-order valence-electron chi connectivity index (χ4n) is 2.34. The summed E-state index contributed by atoms with van der Waals surface area (Å²) in [6.45, 7) is 5.90. The Hall–Kier alpha value is -1.81. The first kappa shape index (κ1) is 14.6. The van der Waals surface area contributed by atoms with Crippen molar-refractivity contribution in [2.75, 3.05) is 0 Å². The Balaban J connectivity index is 2.30. The summed E-state index contributed by atoms with van der Waals surface area (Å²) in [6.07, 6.45) is 1.39. The highest BCUT2D eigenvalue weighted by molar-refractivity contribution is 5.31. The number of benzene rings is 1. The summed E-state index contributed by atoms with van der Waals surface area (Å²) in [6, 6.07) is 6.60. The zero-order valence-electron chi connectivity index (χ0n) is 12.2. The third-order valence-electron chi connectivity index (χ3n) is 3.51. The van der Waals surface area contributed by atoms with Crippen LogP contribution in [0.5, 0.6) is 0 Å². The Morgan fingerprint density at radius 3 is 2.65 bits per heavy atom.